The molecule has 3 N–H and O–H groups in total. The van der Waals surface area contributed by atoms with Crippen LogP contribution in [0.5, 0.6) is 0 Å². The summed E-state index contributed by atoms with van der Waals surface area (Å²) in [6.07, 6.45) is 1.90. The first-order valence-corrected chi connectivity index (χ1v) is 12.4. The summed E-state index contributed by atoms with van der Waals surface area (Å²) in [4.78, 5) is 30.9. The summed E-state index contributed by atoms with van der Waals surface area (Å²) < 4.78 is 4.84. The van der Waals surface area contributed by atoms with Gasteiger partial charge in [-0.3, -0.25) is 9.69 Å². The second kappa shape index (κ2) is 10.3. The largest absolute Gasteiger partial charge is 0.465 e. The second-order valence-electron chi connectivity index (χ2n) is 9.02. The predicted molar refractivity (Wildman–Crippen MR) is 148 cm³/mol. The number of ether oxygens (including phenoxy) is 1. The number of benzene rings is 3. The Labute approximate surface area is 216 Å². The van der Waals surface area contributed by atoms with Gasteiger partial charge in [-0.05, 0) is 66.7 Å². The average Bonchev–Trinajstić information content (AvgIpc) is 3.53. The number of hydrogen-bond acceptors (Lipinski definition) is 5. The zero-order chi connectivity index (χ0) is 25.9. The minimum Gasteiger partial charge on any atom is -0.465 e. The summed E-state index contributed by atoms with van der Waals surface area (Å²) in [6.45, 7) is 7.22. The topological polar surface area (TPSA) is 86.5 Å². The number of amides is 1. The van der Waals surface area contributed by atoms with Crippen molar-refractivity contribution in [2.75, 3.05) is 30.8 Å². The van der Waals surface area contributed by atoms with Gasteiger partial charge in [-0.1, -0.05) is 38.1 Å². The maximum atomic E-state index is 13.3. The molecule has 5 rings (SSSR count). The molecule has 1 aliphatic rings. The molecular weight excluding hydrogens is 464 g/mol. The van der Waals surface area contributed by atoms with Gasteiger partial charge in [0.1, 0.15) is 0 Å². The lowest BCUT2D eigenvalue weighted by Crippen LogP contribution is -2.22. The van der Waals surface area contributed by atoms with Gasteiger partial charge in [0.25, 0.3) is 5.91 Å². The Morgan fingerprint density at radius 3 is 2.43 bits per heavy atom. The number of hydrogen-bond donors (Lipinski definition) is 3. The third-order valence-electron chi connectivity index (χ3n) is 6.80. The summed E-state index contributed by atoms with van der Waals surface area (Å²) in [6, 6.07) is 21.5. The molecule has 0 saturated carbocycles. The van der Waals surface area contributed by atoms with Crippen LogP contribution in [0, 0.1) is 0 Å². The van der Waals surface area contributed by atoms with Crippen molar-refractivity contribution in [2.24, 2.45) is 0 Å². The Balaban J connectivity index is 1.58. The number of nitrogens with one attached hydrogen (secondary N) is 3. The standard InChI is InChI=1S/C30H30N4O3/c1-4-34(5-2)18-19-6-10-23(11-7-19)32-28(21-9-13-25-20(16-21)14-15-31-25)27-24-12-8-22(30(36)37-3)17-26(24)33-29(27)35/h6-17,31-32H,4-5,18H2,1-3H3,(H,33,35)/b28-27-. The van der Waals surface area contributed by atoms with Gasteiger partial charge in [-0.15, -0.1) is 0 Å². The molecule has 0 bridgehead atoms. The van der Waals surface area contributed by atoms with Gasteiger partial charge in [0, 0.05) is 34.9 Å². The van der Waals surface area contributed by atoms with Crippen molar-refractivity contribution in [3.05, 3.63) is 95.2 Å². The highest BCUT2D eigenvalue weighted by Crippen LogP contribution is 2.38. The van der Waals surface area contributed by atoms with Crippen molar-refractivity contribution in [3.8, 4) is 0 Å². The van der Waals surface area contributed by atoms with Gasteiger partial charge >= 0.3 is 5.97 Å². The minimum absolute atomic E-state index is 0.230. The summed E-state index contributed by atoms with van der Waals surface area (Å²) in [7, 11) is 1.34. The Bertz CT molecular complexity index is 1500. The fourth-order valence-corrected chi connectivity index (χ4v) is 4.70. The summed E-state index contributed by atoms with van der Waals surface area (Å²) >= 11 is 0. The summed E-state index contributed by atoms with van der Waals surface area (Å²) in [5, 5.41) is 7.50. The highest BCUT2D eigenvalue weighted by Gasteiger charge is 2.29. The van der Waals surface area contributed by atoms with Crippen LogP contribution in [0.2, 0.25) is 0 Å². The van der Waals surface area contributed by atoms with E-state index in [9.17, 15) is 9.59 Å². The number of aromatic amines is 1. The molecule has 37 heavy (non-hydrogen) atoms. The molecule has 7 heteroatoms. The molecule has 188 valence electrons. The number of aromatic nitrogens is 1. The van der Waals surface area contributed by atoms with E-state index in [-0.39, 0.29) is 5.91 Å². The van der Waals surface area contributed by atoms with E-state index in [1.165, 1.54) is 12.7 Å². The number of carbonyl (C=O) groups is 2. The van der Waals surface area contributed by atoms with E-state index in [1.54, 1.807) is 18.2 Å². The fourth-order valence-electron chi connectivity index (χ4n) is 4.70. The number of nitrogens with zero attached hydrogens (tertiary/aromatic N) is 1. The van der Waals surface area contributed by atoms with Gasteiger partial charge < -0.3 is 20.4 Å². The first-order chi connectivity index (χ1) is 18.0. The lowest BCUT2D eigenvalue weighted by atomic mass is 9.98. The van der Waals surface area contributed by atoms with E-state index in [4.69, 9.17) is 4.74 Å². The summed E-state index contributed by atoms with van der Waals surface area (Å²) in [5.74, 6) is -0.678. The molecule has 3 aromatic carbocycles. The van der Waals surface area contributed by atoms with Crippen LogP contribution in [0.4, 0.5) is 11.4 Å². The Morgan fingerprint density at radius 2 is 1.70 bits per heavy atom. The zero-order valence-electron chi connectivity index (χ0n) is 21.2. The highest BCUT2D eigenvalue weighted by molar-refractivity contribution is 6.37. The number of fused-ring (bicyclic) bond motifs is 2. The SMILES string of the molecule is CCN(CC)Cc1ccc(N/C(=C2\C(=O)Nc3cc(C(=O)OC)ccc32)c2ccc3[nH]ccc3c2)cc1. The van der Waals surface area contributed by atoms with Crippen molar-refractivity contribution in [2.45, 2.75) is 20.4 Å². The third-order valence-corrected chi connectivity index (χ3v) is 6.80. The van der Waals surface area contributed by atoms with Gasteiger partial charge in [0.15, 0.2) is 0 Å². The van der Waals surface area contributed by atoms with Gasteiger partial charge in [-0.25, -0.2) is 4.79 Å². The molecule has 1 aliphatic heterocycles. The average molecular weight is 495 g/mol. The first-order valence-electron chi connectivity index (χ1n) is 12.4. The van der Waals surface area contributed by atoms with Crippen molar-refractivity contribution in [3.63, 3.8) is 0 Å². The van der Waals surface area contributed by atoms with Gasteiger partial charge in [-0.2, -0.15) is 0 Å². The lowest BCUT2D eigenvalue weighted by Gasteiger charge is -2.19. The zero-order valence-corrected chi connectivity index (χ0v) is 21.2. The van der Waals surface area contributed by atoms with Crippen molar-refractivity contribution >= 4 is 45.4 Å². The van der Waals surface area contributed by atoms with Gasteiger partial charge in [0.05, 0.1) is 29.6 Å². The van der Waals surface area contributed by atoms with Crippen LogP contribution in [0.1, 0.15) is 40.9 Å². The maximum absolute atomic E-state index is 13.3. The molecule has 4 aromatic rings. The Morgan fingerprint density at radius 1 is 0.946 bits per heavy atom. The van der Waals surface area contributed by atoms with Crippen LogP contribution in [-0.2, 0) is 16.1 Å². The number of methoxy groups -OCH3 is 1. The molecular formula is C30H30N4O3. The minimum atomic E-state index is -0.449. The molecule has 7 nitrogen and oxygen atoms in total. The third kappa shape index (κ3) is 4.86. The van der Waals surface area contributed by atoms with Crippen molar-refractivity contribution < 1.29 is 14.3 Å². The van der Waals surface area contributed by atoms with E-state index < -0.39 is 5.97 Å². The van der Waals surface area contributed by atoms with E-state index in [0.717, 1.165) is 47.4 Å². The molecule has 0 atom stereocenters. The molecule has 0 spiro atoms. The molecule has 0 aliphatic carbocycles. The normalized spacial score (nSPS) is 14.0. The molecule has 2 heterocycles. The van der Waals surface area contributed by atoms with Crippen molar-refractivity contribution in [1.29, 1.82) is 0 Å². The number of carbonyl (C=O) groups excluding carboxylic acids is 2. The monoisotopic (exact) mass is 494 g/mol. The molecule has 0 radical (unpaired) electrons. The van der Waals surface area contributed by atoms with E-state index >= 15 is 0 Å². The molecule has 0 unspecified atom stereocenters. The number of H-pyrrole nitrogens is 1. The van der Waals surface area contributed by atoms with E-state index in [2.05, 4.69) is 52.6 Å². The van der Waals surface area contributed by atoms with Crippen LogP contribution in [0.15, 0.2) is 72.9 Å². The molecule has 1 amide bonds. The quantitative estimate of drug-likeness (QED) is 0.215. The van der Waals surface area contributed by atoms with Crippen LogP contribution in [0.25, 0.3) is 22.2 Å². The van der Waals surface area contributed by atoms with Crippen molar-refractivity contribution in [1.82, 2.24) is 9.88 Å². The van der Waals surface area contributed by atoms with Crippen LogP contribution >= 0.6 is 0 Å². The number of esters is 1. The fraction of sp³-hybridized carbons (Fsp3) is 0.200. The number of anilines is 2. The first kappa shape index (κ1) is 24.3. The smallest absolute Gasteiger partial charge is 0.337 e. The predicted octanol–water partition coefficient (Wildman–Crippen LogP) is 5.73. The van der Waals surface area contributed by atoms with E-state index in [0.29, 0.717) is 22.5 Å². The van der Waals surface area contributed by atoms with Crippen LogP contribution in [0.3, 0.4) is 0 Å². The summed E-state index contributed by atoms with van der Waals surface area (Å²) in [5.41, 5.74) is 6.93. The van der Waals surface area contributed by atoms with Gasteiger partial charge in [0.2, 0.25) is 0 Å². The maximum Gasteiger partial charge on any atom is 0.337 e. The number of rotatable bonds is 8. The Kier molecular flexibility index (Phi) is 6.79. The Hall–Kier alpha value is -4.36. The molecule has 1 aromatic heterocycles. The van der Waals surface area contributed by atoms with Crippen LogP contribution < -0.4 is 10.6 Å². The lowest BCUT2D eigenvalue weighted by molar-refractivity contribution is -0.110. The second-order valence-corrected chi connectivity index (χ2v) is 9.02. The molecule has 0 saturated heterocycles. The highest BCUT2D eigenvalue weighted by atomic mass is 16.5. The molecule has 0 fully saturated rings. The van der Waals surface area contributed by atoms with Crippen LogP contribution in [-0.4, -0.2) is 42.0 Å². The van der Waals surface area contributed by atoms with E-state index in [1.807, 2.05) is 36.5 Å².